The SMILES string of the molecule is CCNCc1nc(C)ccc1OCc1cccc(O)c1. The molecule has 0 saturated heterocycles. The van der Waals surface area contributed by atoms with Crippen LogP contribution in [-0.4, -0.2) is 16.6 Å². The van der Waals surface area contributed by atoms with Crippen LogP contribution in [0.1, 0.15) is 23.9 Å². The molecule has 4 nitrogen and oxygen atoms in total. The molecule has 4 heteroatoms. The largest absolute Gasteiger partial charge is 0.508 e. The summed E-state index contributed by atoms with van der Waals surface area (Å²) in [5.74, 6) is 1.03. The van der Waals surface area contributed by atoms with Crippen molar-refractivity contribution >= 4 is 0 Å². The van der Waals surface area contributed by atoms with Crippen molar-refractivity contribution in [1.29, 1.82) is 0 Å². The molecular formula is C16H20N2O2. The van der Waals surface area contributed by atoms with E-state index in [0.29, 0.717) is 13.2 Å². The number of phenols is 1. The van der Waals surface area contributed by atoms with E-state index >= 15 is 0 Å². The smallest absolute Gasteiger partial charge is 0.142 e. The maximum Gasteiger partial charge on any atom is 0.142 e. The Morgan fingerprint density at radius 3 is 2.85 bits per heavy atom. The number of nitrogens with zero attached hydrogens (tertiary/aromatic N) is 1. The lowest BCUT2D eigenvalue weighted by Crippen LogP contribution is -2.14. The number of benzene rings is 1. The molecule has 0 spiro atoms. The zero-order valence-electron chi connectivity index (χ0n) is 11.9. The Kier molecular flexibility index (Phi) is 4.96. The number of rotatable bonds is 6. The Hall–Kier alpha value is -2.07. The standard InChI is InChI=1S/C16H20N2O2/c1-3-17-10-15-16(8-7-12(2)18-15)20-11-13-5-4-6-14(19)9-13/h4-9,17,19H,3,10-11H2,1-2H3. The van der Waals surface area contributed by atoms with Crippen LogP contribution in [0.2, 0.25) is 0 Å². The van der Waals surface area contributed by atoms with Crippen LogP contribution in [0, 0.1) is 6.92 Å². The van der Waals surface area contributed by atoms with Crippen molar-refractivity contribution in [3.8, 4) is 11.5 Å². The van der Waals surface area contributed by atoms with Gasteiger partial charge in [-0.2, -0.15) is 0 Å². The minimum Gasteiger partial charge on any atom is -0.508 e. The monoisotopic (exact) mass is 272 g/mol. The number of aromatic hydroxyl groups is 1. The van der Waals surface area contributed by atoms with Gasteiger partial charge >= 0.3 is 0 Å². The summed E-state index contributed by atoms with van der Waals surface area (Å²) in [5.41, 5.74) is 2.81. The average molecular weight is 272 g/mol. The zero-order valence-corrected chi connectivity index (χ0v) is 11.9. The van der Waals surface area contributed by atoms with Crippen LogP contribution in [0.3, 0.4) is 0 Å². The maximum atomic E-state index is 9.44. The summed E-state index contributed by atoms with van der Waals surface area (Å²) in [6.45, 7) is 6.02. The fourth-order valence-corrected chi connectivity index (χ4v) is 1.91. The van der Waals surface area contributed by atoms with Gasteiger partial charge in [0, 0.05) is 12.2 Å². The van der Waals surface area contributed by atoms with Crippen molar-refractivity contribution in [3.63, 3.8) is 0 Å². The molecule has 106 valence electrons. The van der Waals surface area contributed by atoms with E-state index in [-0.39, 0.29) is 5.75 Å². The van der Waals surface area contributed by atoms with Crippen LogP contribution in [0.5, 0.6) is 11.5 Å². The number of nitrogens with one attached hydrogen (secondary N) is 1. The van der Waals surface area contributed by atoms with E-state index in [1.54, 1.807) is 18.2 Å². The molecule has 1 heterocycles. The summed E-state index contributed by atoms with van der Waals surface area (Å²) in [4.78, 5) is 4.50. The quantitative estimate of drug-likeness (QED) is 0.849. The summed E-state index contributed by atoms with van der Waals surface area (Å²) in [6.07, 6.45) is 0. The van der Waals surface area contributed by atoms with Crippen molar-refractivity contribution in [3.05, 3.63) is 53.3 Å². The Balaban J connectivity index is 2.08. The first-order valence-electron chi connectivity index (χ1n) is 6.77. The highest BCUT2D eigenvalue weighted by atomic mass is 16.5. The van der Waals surface area contributed by atoms with Gasteiger partial charge in [-0.05, 0) is 43.3 Å². The van der Waals surface area contributed by atoms with Crippen molar-refractivity contribution in [2.75, 3.05) is 6.54 Å². The van der Waals surface area contributed by atoms with Crippen LogP contribution in [0.25, 0.3) is 0 Å². The zero-order chi connectivity index (χ0) is 14.4. The van der Waals surface area contributed by atoms with Crippen LogP contribution < -0.4 is 10.1 Å². The predicted molar refractivity (Wildman–Crippen MR) is 78.8 cm³/mol. The molecule has 0 saturated carbocycles. The Morgan fingerprint density at radius 1 is 1.25 bits per heavy atom. The lowest BCUT2D eigenvalue weighted by molar-refractivity contribution is 0.299. The second kappa shape index (κ2) is 6.91. The number of phenolic OH excluding ortho intramolecular Hbond substituents is 1. The maximum absolute atomic E-state index is 9.44. The van der Waals surface area contributed by atoms with E-state index in [4.69, 9.17) is 4.74 Å². The fourth-order valence-electron chi connectivity index (χ4n) is 1.91. The summed E-state index contributed by atoms with van der Waals surface area (Å²) in [6, 6.07) is 11.0. The molecule has 0 aliphatic heterocycles. The third kappa shape index (κ3) is 3.96. The number of aryl methyl sites for hydroxylation is 1. The van der Waals surface area contributed by atoms with E-state index in [2.05, 4.69) is 17.2 Å². The normalized spacial score (nSPS) is 10.5. The van der Waals surface area contributed by atoms with Gasteiger partial charge in [0.25, 0.3) is 0 Å². The molecule has 0 atom stereocenters. The third-order valence-corrected chi connectivity index (χ3v) is 2.92. The van der Waals surface area contributed by atoms with Gasteiger partial charge < -0.3 is 15.2 Å². The molecule has 1 aromatic carbocycles. The fraction of sp³-hybridized carbons (Fsp3) is 0.312. The van der Waals surface area contributed by atoms with E-state index < -0.39 is 0 Å². The molecule has 0 aliphatic rings. The molecule has 0 unspecified atom stereocenters. The lowest BCUT2D eigenvalue weighted by Gasteiger charge is -2.12. The first kappa shape index (κ1) is 14.3. The Labute approximate surface area is 119 Å². The van der Waals surface area contributed by atoms with Gasteiger partial charge in [-0.15, -0.1) is 0 Å². The van der Waals surface area contributed by atoms with Gasteiger partial charge in [0.1, 0.15) is 18.1 Å². The predicted octanol–water partition coefficient (Wildman–Crippen LogP) is 2.78. The molecule has 0 amide bonds. The molecule has 0 bridgehead atoms. The second-order valence-electron chi connectivity index (χ2n) is 4.64. The summed E-state index contributed by atoms with van der Waals surface area (Å²) in [5, 5.41) is 12.7. The molecule has 2 N–H and O–H groups in total. The second-order valence-corrected chi connectivity index (χ2v) is 4.64. The first-order valence-corrected chi connectivity index (χ1v) is 6.77. The molecule has 20 heavy (non-hydrogen) atoms. The molecule has 0 fully saturated rings. The van der Waals surface area contributed by atoms with Crippen LogP contribution >= 0.6 is 0 Å². The molecule has 2 rings (SSSR count). The highest BCUT2D eigenvalue weighted by Gasteiger charge is 2.06. The van der Waals surface area contributed by atoms with E-state index in [0.717, 1.165) is 29.2 Å². The van der Waals surface area contributed by atoms with Gasteiger partial charge in [0.05, 0.1) is 5.69 Å². The molecule has 0 aliphatic carbocycles. The molecule has 2 aromatic rings. The lowest BCUT2D eigenvalue weighted by atomic mass is 10.2. The number of ether oxygens (including phenoxy) is 1. The first-order chi connectivity index (χ1) is 9.69. The van der Waals surface area contributed by atoms with Gasteiger partial charge in [0.15, 0.2) is 0 Å². The molecular weight excluding hydrogens is 252 g/mol. The Morgan fingerprint density at radius 2 is 2.10 bits per heavy atom. The van der Waals surface area contributed by atoms with Crippen LogP contribution in [-0.2, 0) is 13.2 Å². The highest BCUT2D eigenvalue weighted by molar-refractivity contribution is 5.31. The number of aromatic nitrogens is 1. The minimum atomic E-state index is 0.251. The van der Waals surface area contributed by atoms with Crippen molar-refractivity contribution in [2.24, 2.45) is 0 Å². The highest BCUT2D eigenvalue weighted by Crippen LogP contribution is 2.19. The number of pyridine rings is 1. The summed E-state index contributed by atoms with van der Waals surface area (Å²) >= 11 is 0. The van der Waals surface area contributed by atoms with Gasteiger partial charge in [-0.3, -0.25) is 4.98 Å². The molecule has 1 aromatic heterocycles. The van der Waals surface area contributed by atoms with Crippen molar-refractivity contribution in [2.45, 2.75) is 27.0 Å². The summed E-state index contributed by atoms with van der Waals surface area (Å²) < 4.78 is 5.82. The number of hydrogen-bond acceptors (Lipinski definition) is 4. The minimum absolute atomic E-state index is 0.251. The van der Waals surface area contributed by atoms with Crippen molar-refractivity contribution < 1.29 is 9.84 Å². The average Bonchev–Trinajstić information content (AvgIpc) is 2.44. The Bertz CT molecular complexity index is 570. The molecule has 0 radical (unpaired) electrons. The van der Waals surface area contributed by atoms with E-state index in [1.807, 2.05) is 25.1 Å². The summed E-state index contributed by atoms with van der Waals surface area (Å²) in [7, 11) is 0. The number of hydrogen-bond donors (Lipinski definition) is 2. The van der Waals surface area contributed by atoms with Gasteiger partial charge in [0.2, 0.25) is 0 Å². The van der Waals surface area contributed by atoms with E-state index in [1.165, 1.54) is 0 Å². The topological polar surface area (TPSA) is 54.4 Å². The van der Waals surface area contributed by atoms with Crippen LogP contribution in [0.4, 0.5) is 0 Å². The van der Waals surface area contributed by atoms with Gasteiger partial charge in [-0.1, -0.05) is 19.1 Å². The van der Waals surface area contributed by atoms with Gasteiger partial charge in [-0.25, -0.2) is 0 Å². The third-order valence-electron chi connectivity index (χ3n) is 2.92. The van der Waals surface area contributed by atoms with Crippen molar-refractivity contribution in [1.82, 2.24) is 10.3 Å². The van der Waals surface area contributed by atoms with E-state index in [9.17, 15) is 5.11 Å². The van der Waals surface area contributed by atoms with Crippen LogP contribution in [0.15, 0.2) is 36.4 Å².